The molecule has 0 aliphatic rings. The third-order valence-electron chi connectivity index (χ3n) is 3.39. The summed E-state index contributed by atoms with van der Waals surface area (Å²) in [6.07, 6.45) is 0.243. The quantitative estimate of drug-likeness (QED) is 0.762. The monoisotopic (exact) mass is 390 g/mol. The second-order valence-corrected chi connectivity index (χ2v) is 6.08. The summed E-state index contributed by atoms with van der Waals surface area (Å²) >= 11 is 3.35. The van der Waals surface area contributed by atoms with Gasteiger partial charge in [-0.1, -0.05) is 46.3 Å². The largest absolute Gasteiger partial charge is 0.496 e. The SMILES string of the molecule is COc1ccccc1CNC(=O)CNC(=O)Cc1ccc(Br)cc1. The van der Waals surface area contributed by atoms with Crippen LogP contribution in [0.1, 0.15) is 11.1 Å². The van der Waals surface area contributed by atoms with E-state index in [1.165, 1.54) is 0 Å². The Morgan fingerprint density at radius 3 is 2.42 bits per heavy atom. The van der Waals surface area contributed by atoms with Crippen LogP contribution in [0, 0.1) is 0 Å². The molecule has 0 bridgehead atoms. The van der Waals surface area contributed by atoms with Gasteiger partial charge >= 0.3 is 0 Å². The van der Waals surface area contributed by atoms with Gasteiger partial charge in [0.05, 0.1) is 20.1 Å². The second kappa shape index (κ2) is 9.08. The minimum absolute atomic E-state index is 0.0511. The number of halogens is 1. The van der Waals surface area contributed by atoms with E-state index in [4.69, 9.17) is 4.74 Å². The highest BCUT2D eigenvalue weighted by atomic mass is 79.9. The van der Waals surface area contributed by atoms with Crippen LogP contribution in [0.2, 0.25) is 0 Å². The molecule has 0 fully saturated rings. The lowest BCUT2D eigenvalue weighted by Gasteiger charge is -2.10. The maximum absolute atomic E-state index is 11.9. The van der Waals surface area contributed by atoms with Gasteiger partial charge in [-0.25, -0.2) is 0 Å². The van der Waals surface area contributed by atoms with Gasteiger partial charge in [-0.15, -0.1) is 0 Å². The molecule has 2 amide bonds. The molecule has 0 aliphatic carbocycles. The summed E-state index contributed by atoms with van der Waals surface area (Å²) in [6, 6.07) is 14.9. The van der Waals surface area contributed by atoms with E-state index in [2.05, 4.69) is 26.6 Å². The lowest BCUT2D eigenvalue weighted by atomic mass is 10.1. The second-order valence-electron chi connectivity index (χ2n) is 5.17. The van der Waals surface area contributed by atoms with Gasteiger partial charge in [0.25, 0.3) is 0 Å². The van der Waals surface area contributed by atoms with Gasteiger partial charge in [-0.05, 0) is 23.8 Å². The first kappa shape index (κ1) is 18.0. The zero-order valence-corrected chi connectivity index (χ0v) is 14.9. The highest BCUT2D eigenvalue weighted by Gasteiger charge is 2.08. The zero-order valence-electron chi connectivity index (χ0n) is 13.3. The van der Waals surface area contributed by atoms with Gasteiger partial charge in [0.15, 0.2) is 0 Å². The molecule has 2 N–H and O–H groups in total. The van der Waals surface area contributed by atoms with Crippen LogP contribution in [0.15, 0.2) is 53.0 Å². The molecule has 6 heteroatoms. The number of methoxy groups -OCH3 is 1. The van der Waals surface area contributed by atoms with Crippen LogP contribution in [0.5, 0.6) is 5.75 Å². The van der Waals surface area contributed by atoms with Crippen molar-refractivity contribution in [1.29, 1.82) is 0 Å². The summed E-state index contributed by atoms with van der Waals surface area (Å²) in [7, 11) is 1.59. The van der Waals surface area contributed by atoms with Crippen molar-refractivity contribution < 1.29 is 14.3 Å². The van der Waals surface area contributed by atoms with Crippen molar-refractivity contribution in [2.45, 2.75) is 13.0 Å². The Bertz CT molecular complexity index is 702. The van der Waals surface area contributed by atoms with E-state index >= 15 is 0 Å². The predicted octanol–water partition coefficient (Wildman–Crippen LogP) is 2.43. The van der Waals surface area contributed by atoms with Crippen molar-refractivity contribution in [2.75, 3.05) is 13.7 Å². The first-order valence-electron chi connectivity index (χ1n) is 7.48. The van der Waals surface area contributed by atoms with Gasteiger partial charge in [-0.2, -0.15) is 0 Å². The summed E-state index contributed by atoms with van der Waals surface area (Å²) < 4.78 is 6.19. The fourth-order valence-electron chi connectivity index (χ4n) is 2.13. The Kier molecular flexibility index (Phi) is 6.81. The highest BCUT2D eigenvalue weighted by Crippen LogP contribution is 2.16. The molecule has 0 unspecified atom stereocenters. The van der Waals surface area contributed by atoms with E-state index in [1.807, 2.05) is 48.5 Å². The minimum atomic E-state index is -0.245. The molecular formula is C18H19BrN2O3. The number of hydrogen-bond acceptors (Lipinski definition) is 3. The summed E-state index contributed by atoms with van der Waals surface area (Å²) in [5.74, 6) is 0.284. The van der Waals surface area contributed by atoms with Gasteiger partial charge in [-0.3, -0.25) is 9.59 Å². The lowest BCUT2D eigenvalue weighted by molar-refractivity contribution is -0.125. The van der Waals surface area contributed by atoms with Crippen molar-refractivity contribution in [2.24, 2.45) is 0 Å². The van der Waals surface area contributed by atoms with Crippen LogP contribution >= 0.6 is 15.9 Å². The Balaban J connectivity index is 1.74. The van der Waals surface area contributed by atoms with E-state index in [9.17, 15) is 9.59 Å². The van der Waals surface area contributed by atoms with Gasteiger partial charge < -0.3 is 15.4 Å². The number of para-hydroxylation sites is 1. The number of nitrogens with one attached hydrogen (secondary N) is 2. The molecule has 24 heavy (non-hydrogen) atoms. The summed E-state index contributed by atoms with van der Waals surface area (Å²) in [5.41, 5.74) is 1.78. The molecule has 0 aliphatic heterocycles. The number of carbonyl (C=O) groups is 2. The topological polar surface area (TPSA) is 67.4 Å². The first-order chi connectivity index (χ1) is 11.6. The Morgan fingerprint density at radius 1 is 1.00 bits per heavy atom. The summed E-state index contributed by atoms with van der Waals surface area (Å²) in [6.45, 7) is 0.302. The molecule has 2 rings (SSSR count). The number of rotatable bonds is 7. The maximum Gasteiger partial charge on any atom is 0.239 e. The number of ether oxygens (including phenoxy) is 1. The first-order valence-corrected chi connectivity index (χ1v) is 8.27. The van der Waals surface area contributed by atoms with Crippen LogP contribution in [0.4, 0.5) is 0 Å². The Morgan fingerprint density at radius 2 is 1.71 bits per heavy atom. The van der Waals surface area contributed by atoms with Gasteiger partial charge in [0.2, 0.25) is 11.8 Å². The van der Waals surface area contributed by atoms with Crippen molar-refractivity contribution in [3.63, 3.8) is 0 Å². The van der Waals surface area contributed by atoms with E-state index < -0.39 is 0 Å². The maximum atomic E-state index is 11.9. The summed E-state index contributed by atoms with van der Waals surface area (Å²) in [4.78, 5) is 23.7. The van der Waals surface area contributed by atoms with Crippen molar-refractivity contribution in [3.05, 3.63) is 64.1 Å². The third kappa shape index (κ3) is 5.70. The number of amides is 2. The molecular weight excluding hydrogens is 372 g/mol. The fraction of sp³-hybridized carbons (Fsp3) is 0.222. The zero-order chi connectivity index (χ0) is 17.4. The standard InChI is InChI=1S/C18H19BrN2O3/c1-24-16-5-3-2-4-14(16)11-20-18(23)12-21-17(22)10-13-6-8-15(19)9-7-13/h2-9H,10-12H2,1H3,(H,20,23)(H,21,22). The highest BCUT2D eigenvalue weighted by molar-refractivity contribution is 9.10. The van der Waals surface area contributed by atoms with Crippen molar-refractivity contribution in [1.82, 2.24) is 10.6 Å². The van der Waals surface area contributed by atoms with Gasteiger partial charge in [0, 0.05) is 16.6 Å². The van der Waals surface area contributed by atoms with E-state index in [0.29, 0.717) is 6.54 Å². The molecule has 0 heterocycles. The number of hydrogen-bond donors (Lipinski definition) is 2. The fourth-order valence-corrected chi connectivity index (χ4v) is 2.40. The molecule has 0 atom stereocenters. The molecule has 5 nitrogen and oxygen atoms in total. The average Bonchev–Trinajstić information content (AvgIpc) is 2.60. The summed E-state index contributed by atoms with van der Waals surface area (Å²) in [5, 5.41) is 5.38. The number of benzene rings is 2. The molecule has 0 saturated carbocycles. The predicted molar refractivity (Wildman–Crippen MR) is 95.7 cm³/mol. The van der Waals surface area contributed by atoms with Crippen LogP contribution in [0.25, 0.3) is 0 Å². The average molecular weight is 391 g/mol. The van der Waals surface area contributed by atoms with Crippen LogP contribution in [0.3, 0.4) is 0 Å². The molecule has 0 aromatic heterocycles. The van der Waals surface area contributed by atoms with E-state index in [-0.39, 0.29) is 24.8 Å². The van der Waals surface area contributed by atoms with Crippen molar-refractivity contribution in [3.8, 4) is 5.75 Å². The normalized spacial score (nSPS) is 10.1. The van der Waals surface area contributed by atoms with Crippen molar-refractivity contribution >= 4 is 27.7 Å². The smallest absolute Gasteiger partial charge is 0.239 e. The molecule has 126 valence electrons. The Hall–Kier alpha value is -2.34. The van der Waals surface area contributed by atoms with E-state index in [1.54, 1.807) is 7.11 Å². The van der Waals surface area contributed by atoms with Crippen LogP contribution in [-0.2, 0) is 22.6 Å². The lowest BCUT2D eigenvalue weighted by Crippen LogP contribution is -2.37. The van der Waals surface area contributed by atoms with Crippen LogP contribution in [-0.4, -0.2) is 25.5 Å². The number of carbonyl (C=O) groups excluding carboxylic acids is 2. The molecule has 0 saturated heterocycles. The van der Waals surface area contributed by atoms with E-state index in [0.717, 1.165) is 21.3 Å². The molecule has 0 radical (unpaired) electrons. The molecule has 2 aromatic rings. The minimum Gasteiger partial charge on any atom is -0.496 e. The molecule has 0 spiro atoms. The van der Waals surface area contributed by atoms with Crippen LogP contribution < -0.4 is 15.4 Å². The molecule has 2 aromatic carbocycles. The van der Waals surface area contributed by atoms with Gasteiger partial charge in [0.1, 0.15) is 5.75 Å². The Labute approximate surface area is 149 Å². The third-order valence-corrected chi connectivity index (χ3v) is 3.92.